The molecule has 0 saturated carbocycles. The van der Waals surface area contributed by atoms with Gasteiger partial charge in [0.05, 0.1) is 17.2 Å². The minimum absolute atomic E-state index is 0.0267. The summed E-state index contributed by atoms with van der Waals surface area (Å²) < 4.78 is 16.3. The number of aryl methyl sites for hydroxylation is 1. The van der Waals surface area contributed by atoms with E-state index >= 15 is 0 Å². The number of anilines is 1. The zero-order valence-corrected chi connectivity index (χ0v) is 15.2. The second-order valence-corrected chi connectivity index (χ2v) is 6.22. The molecule has 1 aromatic carbocycles. The monoisotopic (exact) mass is 393 g/mol. The molecular formula is C20H15N3O6. The van der Waals surface area contributed by atoms with Crippen LogP contribution in [0.2, 0.25) is 0 Å². The number of ether oxygens (including phenoxy) is 1. The number of rotatable bonds is 6. The molecule has 0 bridgehead atoms. The van der Waals surface area contributed by atoms with Crippen molar-refractivity contribution in [1.29, 1.82) is 0 Å². The summed E-state index contributed by atoms with van der Waals surface area (Å²) in [6.07, 6.45) is 2.67. The largest absolute Gasteiger partial charge is 0.486 e. The van der Waals surface area contributed by atoms with Gasteiger partial charge in [0.1, 0.15) is 35.2 Å². The fraction of sp³-hybridized carbons (Fsp3) is 0.100. The second-order valence-electron chi connectivity index (χ2n) is 6.22. The SMILES string of the molecule is Cc1cc(COc2cc(C(=O)Nc3ccc(C(=O)O)cn3)cc3occc23)no1. The van der Waals surface area contributed by atoms with Crippen molar-refractivity contribution in [1.82, 2.24) is 10.1 Å². The van der Waals surface area contributed by atoms with Gasteiger partial charge in [-0.3, -0.25) is 4.79 Å². The zero-order valence-electron chi connectivity index (χ0n) is 15.2. The van der Waals surface area contributed by atoms with Gasteiger partial charge in [0, 0.05) is 17.8 Å². The summed E-state index contributed by atoms with van der Waals surface area (Å²) in [5.41, 5.74) is 1.43. The quantitative estimate of drug-likeness (QED) is 0.508. The van der Waals surface area contributed by atoms with Gasteiger partial charge in [0.15, 0.2) is 0 Å². The Bertz CT molecular complexity index is 1190. The number of pyridine rings is 1. The molecule has 0 aliphatic rings. The van der Waals surface area contributed by atoms with Gasteiger partial charge >= 0.3 is 5.97 Å². The topological polar surface area (TPSA) is 128 Å². The number of hydrogen-bond acceptors (Lipinski definition) is 7. The molecule has 29 heavy (non-hydrogen) atoms. The predicted molar refractivity (Wildman–Crippen MR) is 101 cm³/mol. The Hall–Kier alpha value is -4.14. The smallest absolute Gasteiger partial charge is 0.337 e. The zero-order chi connectivity index (χ0) is 20.4. The van der Waals surface area contributed by atoms with Crippen molar-refractivity contribution in [2.75, 3.05) is 5.32 Å². The molecule has 0 radical (unpaired) electrons. The van der Waals surface area contributed by atoms with E-state index in [1.54, 1.807) is 31.2 Å². The van der Waals surface area contributed by atoms with Crippen molar-refractivity contribution in [3.8, 4) is 5.75 Å². The van der Waals surface area contributed by atoms with Crippen LogP contribution < -0.4 is 10.1 Å². The third-order valence-corrected chi connectivity index (χ3v) is 4.10. The first-order valence-corrected chi connectivity index (χ1v) is 8.56. The van der Waals surface area contributed by atoms with Gasteiger partial charge in [-0.1, -0.05) is 5.16 Å². The molecule has 0 saturated heterocycles. The van der Waals surface area contributed by atoms with E-state index in [0.29, 0.717) is 33.7 Å². The number of carboxylic acid groups (broad SMARTS) is 1. The van der Waals surface area contributed by atoms with Crippen LogP contribution in [0.5, 0.6) is 5.75 Å². The molecule has 9 nitrogen and oxygen atoms in total. The molecular weight excluding hydrogens is 378 g/mol. The maximum Gasteiger partial charge on any atom is 0.337 e. The van der Waals surface area contributed by atoms with Crippen molar-refractivity contribution < 1.29 is 28.4 Å². The van der Waals surface area contributed by atoms with E-state index in [0.717, 1.165) is 0 Å². The van der Waals surface area contributed by atoms with E-state index in [2.05, 4.69) is 15.5 Å². The Morgan fingerprint density at radius 2 is 2.03 bits per heavy atom. The molecule has 2 N–H and O–H groups in total. The molecule has 4 rings (SSSR count). The molecule has 0 atom stereocenters. The fourth-order valence-corrected chi connectivity index (χ4v) is 2.71. The van der Waals surface area contributed by atoms with Crippen LogP contribution in [0.15, 0.2) is 57.8 Å². The molecule has 0 fully saturated rings. The summed E-state index contributed by atoms with van der Waals surface area (Å²) in [5.74, 6) is -0.188. The van der Waals surface area contributed by atoms with Gasteiger partial charge in [-0.05, 0) is 37.3 Å². The third kappa shape index (κ3) is 3.93. The number of furan rings is 1. The number of nitrogens with one attached hydrogen (secondary N) is 1. The first kappa shape index (κ1) is 18.2. The molecule has 0 spiro atoms. The lowest BCUT2D eigenvalue weighted by Crippen LogP contribution is -2.13. The lowest BCUT2D eigenvalue weighted by molar-refractivity contribution is 0.0696. The van der Waals surface area contributed by atoms with Crippen LogP contribution in [0.25, 0.3) is 11.0 Å². The van der Waals surface area contributed by atoms with Crippen LogP contribution in [-0.4, -0.2) is 27.1 Å². The number of fused-ring (bicyclic) bond motifs is 1. The van der Waals surface area contributed by atoms with Crippen molar-refractivity contribution in [2.45, 2.75) is 13.5 Å². The molecule has 9 heteroatoms. The van der Waals surface area contributed by atoms with Gasteiger partial charge < -0.3 is 24.1 Å². The average Bonchev–Trinajstić information content (AvgIpc) is 3.35. The Morgan fingerprint density at radius 3 is 2.72 bits per heavy atom. The summed E-state index contributed by atoms with van der Waals surface area (Å²) >= 11 is 0. The summed E-state index contributed by atoms with van der Waals surface area (Å²) in [6, 6.07) is 9.45. The van der Waals surface area contributed by atoms with Gasteiger partial charge in [0.25, 0.3) is 5.91 Å². The number of carbonyl (C=O) groups is 2. The van der Waals surface area contributed by atoms with E-state index in [1.807, 2.05) is 0 Å². The number of aromatic carboxylic acids is 1. The van der Waals surface area contributed by atoms with Gasteiger partial charge in [0.2, 0.25) is 0 Å². The Kier molecular flexibility index (Phi) is 4.70. The number of carboxylic acids is 1. The molecule has 0 aliphatic heterocycles. The van der Waals surface area contributed by atoms with Crippen molar-refractivity contribution in [3.63, 3.8) is 0 Å². The van der Waals surface area contributed by atoms with Gasteiger partial charge in [-0.2, -0.15) is 0 Å². The summed E-state index contributed by atoms with van der Waals surface area (Å²) in [5, 5.41) is 16.1. The molecule has 3 heterocycles. The number of benzene rings is 1. The summed E-state index contributed by atoms with van der Waals surface area (Å²) in [4.78, 5) is 27.5. The van der Waals surface area contributed by atoms with Crippen LogP contribution in [0.3, 0.4) is 0 Å². The van der Waals surface area contributed by atoms with E-state index in [4.69, 9.17) is 18.8 Å². The highest BCUT2D eigenvalue weighted by molar-refractivity contribution is 6.06. The number of hydrogen-bond donors (Lipinski definition) is 2. The molecule has 0 aliphatic carbocycles. The number of nitrogens with zero attached hydrogens (tertiary/aromatic N) is 2. The van der Waals surface area contributed by atoms with Crippen molar-refractivity contribution >= 4 is 28.7 Å². The van der Waals surface area contributed by atoms with Crippen LogP contribution >= 0.6 is 0 Å². The Balaban J connectivity index is 1.56. The first-order chi connectivity index (χ1) is 14.0. The van der Waals surface area contributed by atoms with Gasteiger partial charge in [-0.15, -0.1) is 0 Å². The van der Waals surface area contributed by atoms with Gasteiger partial charge in [-0.25, -0.2) is 9.78 Å². The van der Waals surface area contributed by atoms with Crippen LogP contribution in [-0.2, 0) is 6.61 Å². The summed E-state index contributed by atoms with van der Waals surface area (Å²) in [6.45, 7) is 1.95. The predicted octanol–water partition coefficient (Wildman–Crippen LogP) is 3.65. The number of aromatic nitrogens is 2. The van der Waals surface area contributed by atoms with E-state index in [-0.39, 0.29) is 18.0 Å². The van der Waals surface area contributed by atoms with Crippen LogP contribution in [0.1, 0.15) is 32.2 Å². The van der Waals surface area contributed by atoms with E-state index < -0.39 is 11.9 Å². The minimum atomic E-state index is -1.09. The fourth-order valence-electron chi connectivity index (χ4n) is 2.71. The van der Waals surface area contributed by atoms with E-state index in [9.17, 15) is 9.59 Å². The Morgan fingerprint density at radius 1 is 1.17 bits per heavy atom. The van der Waals surface area contributed by atoms with Crippen molar-refractivity contribution in [3.05, 3.63) is 71.4 Å². The first-order valence-electron chi connectivity index (χ1n) is 8.56. The maximum absolute atomic E-state index is 12.6. The standard InChI is InChI=1S/C20H15N3O6/c1-11-6-14(23-29-11)10-28-17-8-13(7-16-15(17)4-5-27-16)19(24)22-18-3-2-12(9-21-18)20(25)26/h2-9H,10H2,1H3,(H,25,26)(H,21,22,24). The second kappa shape index (κ2) is 7.47. The summed E-state index contributed by atoms with van der Waals surface area (Å²) in [7, 11) is 0. The normalized spacial score (nSPS) is 10.8. The number of carbonyl (C=O) groups excluding carboxylic acids is 1. The molecule has 0 unspecified atom stereocenters. The third-order valence-electron chi connectivity index (χ3n) is 4.10. The van der Waals surface area contributed by atoms with Crippen LogP contribution in [0.4, 0.5) is 5.82 Å². The number of amides is 1. The Labute approximate surface area is 163 Å². The molecule has 4 aromatic rings. The minimum Gasteiger partial charge on any atom is -0.486 e. The lowest BCUT2D eigenvalue weighted by Gasteiger charge is -2.09. The molecule has 146 valence electrons. The van der Waals surface area contributed by atoms with E-state index in [1.165, 1.54) is 24.6 Å². The molecule has 1 amide bonds. The maximum atomic E-state index is 12.6. The lowest BCUT2D eigenvalue weighted by atomic mass is 10.1. The highest BCUT2D eigenvalue weighted by Crippen LogP contribution is 2.29. The highest BCUT2D eigenvalue weighted by atomic mass is 16.5. The van der Waals surface area contributed by atoms with Crippen LogP contribution in [0, 0.1) is 6.92 Å². The highest BCUT2D eigenvalue weighted by Gasteiger charge is 2.15. The molecule has 3 aromatic heterocycles. The average molecular weight is 393 g/mol. The van der Waals surface area contributed by atoms with Crippen molar-refractivity contribution in [2.24, 2.45) is 0 Å².